The van der Waals surface area contributed by atoms with E-state index in [-0.39, 0.29) is 0 Å². The first kappa shape index (κ1) is 9.00. The summed E-state index contributed by atoms with van der Waals surface area (Å²) in [4.78, 5) is 12.9. The monoisotopic (exact) mass is 183 g/mol. The van der Waals surface area contributed by atoms with E-state index < -0.39 is 5.97 Å². The molecule has 1 aliphatic carbocycles. The van der Waals surface area contributed by atoms with Crippen LogP contribution >= 0.6 is 0 Å². The topological polar surface area (TPSA) is 40.5 Å². The van der Waals surface area contributed by atoms with Crippen LogP contribution in [-0.2, 0) is 4.79 Å². The van der Waals surface area contributed by atoms with Crippen molar-refractivity contribution in [3.63, 3.8) is 0 Å². The minimum atomic E-state index is -0.655. The third-order valence-electron chi connectivity index (χ3n) is 3.13. The first-order valence-electron chi connectivity index (χ1n) is 5.25. The molecule has 0 aromatic rings. The van der Waals surface area contributed by atoms with Crippen molar-refractivity contribution in [1.29, 1.82) is 0 Å². The lowest BCUT2D eigenvalue weighted by Crippen LogP contribution is -2.48. The van der Waals surface area contributed by atoms with Crippen molar-refractivity contribution >= 4 is 5.97 Å². The molecule has 1 saturated heterocycles. The average molecular weight is 183 g/mol. The molecular weight excluding hydrogens is 166 g/mol. The number of nitrogens with zero attached hydrogens (tertiary/aromatic N) is 1. The highest BCUT2D eigenvalue weighted by Crippen LogP contribution is 2.36. The van der Waals surface area contributed by atoms with Crippen molar-refractivity contribution in [2.45, 2.75) is 50.6 Å². The van der Waals surface area contributed by atoms with Gasteiger partial charge in [0, 0.05) is 25.0 Å². The van der Waals surface area contributed by atoms with Gasteiger partial charge in [-0.2, -0.15) is 0 Å². The van der Waals surface area contributed by atoms with Crippen LogP contribution in [0.2, 0.25) is 0 Å². The number of likely N-dealkylation sites (tertiary alicyclic amines) is 1. The number of hydrogen-bond donors (Lipinski definition) is 1. The summed E-state index contributed by atoms with van der Waals surface area (Å²) in [6.45, 7) is 1.25. The molecule has 13 heavy (non-hydrogen) atoms. The van der Waals surface area contributed by atoms with E-state index >= 15 is 0 Å². The number of rotatable bonds is 5. The Hall–Kier alpha value is -0.570. The quantitative estimate of drug-likeness (QED) is 0.701. The maximum atomic E-state index is 10.3. The zero-order chi connectivity index (χ0) is 9.26. The van der Waals surface area contributed by atoms with Crippen LogP contribution in [0, 0.1) is 0 Å². The van der Waals surface area contributed by atoms with Crippen molar-refractivity contribution in [2.24, 2.45) is 0 Å². The highest BCUT2D eigenvalue weighted by molar-refractivity contribution is 5.66. The SMILES string of the molecule is O=C(O)CCCC1CCN1C1CC1. The van der Waals surface area contributed by atoms with Gasteiger partial charge in [0.05, 0.1) is 0 Å². The number of aliphatic carboxylic acids is 1. The van der Waals surface area contributed by atoms with Crippen molar-refractivity contribution in [1.82, 2.24) is 4.90 Å². The predicted octanol–water partition coefficient (Wildman–Crippen LogP) is 1.48. The van der Waals surface area contributed by atoms with Gasteiger partial charge < -0.3 is 5.11 Å². The first-order valence-corrected chi connectivity index (χ1v) is 5.25. The van der Waals surface area contributed by atoms with Crippen molar-refractivity contribution in [2.75, 3.05) is 6.54 Å². The summed E-state index contributed by atoms with van der Waals surface area (Å²) in [6.07, 6.45) is 6.31. The Labute approximate surface area is 78.7 Å². The van der Waals surface area contributed by atoms with Crippen LogP contribution in [0.5, 0.6) is 0 Å². The maximum absolute atomic E-state index is 10.3. The smallest absolute Gasteiger partial charge is 0.303 e. The van der Waals surface area contributed by atoms with E-state index in [0.717, 1.165) is 18.9 Å². The fourth-order valence-electron chi connectivity index (χ4n) is 2.15. The van der Waals surface area contributed by atoms with Gasteiger partial charge in [0.25, 0.3) is 0 Å². The lowest BCUT2D eigenvalue weighted by atomic mass is 9.97. The second-order valence-electron chi connectivity index (χ2n) is 4.20. The summed E-state index contributed by atoms with van der Waals surface area (Å²) in [7, 11) is 0. The molecule has 1 saturated carbocycles. The molecule has 1 N–H and O–H groups in total. The molecule has 3 nitrogen and oxygen atoms in total. The van der Waals surface area contributed by atoms with Crippen LogP contribution in [0.3, 0.4) is 0 Å². The van der Waals surface area contributed by atoms with Crippen LogP contribution in [0.15, 0.2) is 0 Å². The van der Waals surface area contributed by atoms with Gasteiger partial charge in [0.1, 0.15) is 0 Å². The maximum Gasteiger partial charge on any atom is 0.303 e. The Morgan fingerprint density at radius 1 is 1.38 bits per heavy atom. The number of hydrogen-bond acceptors (Lipinski definition) is 2. The lowest BCUT2D eigenvalue weighted by molar-refractivity contribution is -0.137. The molecule has 1 atom stereocenters. The van der Waals surface area contributed by atoms with E-state index in [1.165, 1.54) is 25.8 Å². The summed E-state index contributed by atoms with van der Waals surface area (Å²) in [5.74, 6) is -0.655. The van der Waals surface area contributed by atoms with Gasteiger partial charge in [0.15, 0.2) is 0 Å². The largest absolute Gasteiger partial charge is 0.481 e. The molecule has 1 unspecified atom stereocenters. The van der Waals surface area contributed by atoms with E-state index in [1.807, 2.05) is 0 Å². The van der Waals surface area contributed by atoms with Crippen LogP contribution < -0.4 is 0 Å². The van der Waals surface area contributed by atoms with E-state index in [0.29, 0.717) is 12.5 Å². The van der Waals surface area contributed by atoms with E-state index in [1.54, 1.807) is 0 Å². The van der Waals surface area contributed by atoms with Crippen LogP contribution in [0.4, 0.5) is 0 Å². The van der Waals surface area contributed by atoms with Crippen molar-refractivity contribution in [3.8, 4) is 0 Å². The number of carbonyl (C=O) groups is 1. The fraction of sp³-hybridized carbons (Fsp3) is 0.900. The molecule has 0 radical (unpaired) electrons. The second kappa shape index (κ2) is 3.66. The Kier molecular flexibility index (Phi) is 2.54. The van der Waals surface area contributed by atoms with Gasteiger partial charge in [-0.05, 0) is 32.1 Å². The molecule has 0 spiro atoms. The number of carboxylic acid groups (broad SMARTS) is 1. The van der Waals surface area contributed by atoms with Crippen molar-refractivity contribution < 1.29 is 9.90 Å². The minimum absolute atomic E-state index is 0.342. The molecule has 0 bridgehead atoms. The summed E-state index contributed by atoms with van der Waals surface area (Å²) < 4.78 is 0. The molecule has 0 amide bonds. The summed E-state index contributed by atoms with van der Waals surface area (Å²) in [6, 6.07) is 1.58. The zero-order valence-corrected chi connectivity index (χ0v) is 7.91. The Bertz CT molecular complexity index is 201. The van der Waals surface area contributed by atoms with Crippen molar-refractivity contribution in [3.05, 3.63) is 0 Å². The number of carboxylic acids is 1. The molecule has 2 rings (SSSR count). The summed E-state index contributed by atoms with van der Waals surface area (Å²) in [5, 5.41) is 8.49. The van der Waals surface area contributed by atoms with Gasteiger partial charge in [-0.1, -0.05) is 0 Å². The molecule has 3 heteroatoms. The van der Waals surface area contributed by atoms with Crippen LogP contribution in [-0.4, -0.2) is 34.6 Å². The van der Waals surface area contributed by atoms with Crippen LogP contribution in [0.1, 0.15) is 38.5 Å². The third kappa shape index (κ3) is 2.21. The highest BCUT2D eigenvalue weighted by atomic mass is 16.4. The lowest BCUT2D eigenvalue weighted by Gasteiger charge is -2.41. The Morgan fingerprint density at radius 2 is 2.15 bits per heavy atom. The van der Waals surface area contributed by atoms with E-state index in [4.69, 9.17) is 5.11 Å². The molecule has 0 aromatic carbocycles. The first-order chi connectivity index (χ1) is 6.27. The second-order valence-corrected chi connectivity index (χ2v) is 4.20. The van der Waals surface area contributed by atoms with E-state index in [2.05, 4.69) is 4.90 Å². The fourth-order valence-corrected chi connectivity index (χ4v) is 2.15. The Morgan fingerprint density at radius 3 is 2.62 bits per heavy atom. The third-order valence-corrected chi connectivity index (χ3v) is 3.13. The predicted molar refractivity (Wildman–Crippen MR) is 49.6 cm³/mol. The standard InChI is InChI=1S/C10H17NO2/c12-10(13)3-1-2-8-6-7-11(8)9-4-5-9/h8-9H,1-7H2,(H,12,13). The Balaban J connectivity index is 1.61. The molecule has 0 aromatic heterocycles. The van der Waals surface area contributed by atoms with Crippen LogP contribution in [0.25, 0.3) is 0 Å². The van der Waals surface area contributed by atoms with Gasteiger partial charge in [-0.15, -0.1) is 0 Å². The highest BCUT2D eigenvalue weighted by Gasteiger charge is 2.38. The zero-order valence-electron chi connectivity index (χ0n) is 7.91. The molecule has 74 valence electrons. The molecule has 2 aliphatic rings. The van der Waals surface area contributed by atoms with Gasteiger partial charge in [-0.25, -0.2) is 0 Å². The van der Waals surface area contributed by atoms with Gasteiger partial charge in [0.2, 0.25) is 0 Å². The summed E-state index contributed by atoms with van der Waals surface area (Å²) >= 11 is 0. The molecule has 1 heterocycles. The minimum Gasteiger partial charge on any atom is -0.481 e. The normalized spacial score (nSPS) is 28.5. The van der Waals surface area contributed by atoms with Gasteiger partial charge in [-0.3, -0.25) is 9.69 Å². The van der Waals surface area contributed by atoms with Gasteiger partial charge >= 0.3 is 5.97 Å². The molecule has 1 aliphatic heterocycles. The average Bonchev–Trinajstić information content (AvgIpc) is 2.79. The van der Waals surface area contributed by atoms with E-state index in [9.17, 15) is 4.79 Å². The summed E-state index contributed by atoms with van der Waals surface area (Å²) in [5.41, 5.74) is 0. The molecule has 2 fully saturated rings. The molecular formula is C10H17NO2.